The number of benzene rings is 1. The van der Waals surface area contributed by atoms with E-state index in [0.29, 0.717) is 25.2 Å². The molecule has 4 amide bonds. The maximum absolute atomic E-state index is 12.3. The molecule has 1 aromatic rings. The number of carbonyl (C=O) groups excluding carboxylic acids is 3. The van der Waals surface area contributed by atoms with Crippen LogP contribution in [0.5, 0.6) is 0 Å². The Kier molecular flexibility index (Phi) is 9.93. The van der Waals surface area contributed by atoms with Crippen molar-refractivity contribution in [1.82, 2.24) is 20.9 Å². The first kappa shape index (κ1) is 22.5. The van der Waals surface area contributed by atoms with Crippen molar-refractivity contribution in [3.63, 3.8) is 0 Å². The van der Waals surface area contributed by atoms with Gasteiger partial charge < -0.3 is 20.9 Å². The maximum Gasteiger partial charge on any atom is 0.315 e. The van der Waals surface area contributed by atoms with Crippen LogP contribution in [0.25, 0.3) is 0 Å². The SMILES string of the molecule is CC[C@H](C)NC(=O)CCNC(=O)NCc1ccc(C(=O)N(CC)CC)cc1. The van der Waals surface area contributed by atoms with Crippen molar-refractivity contribution in [2.24, 2.45) is 0 Å². The van der Waals surface area contributed by atoms with Gasteiger partial charge in [0.15, 0.2) is 0 Å². The summed E-state index contributed by atoms with van der Waals surface area (Å²) in [5.74, 6) is -0.0639. The molecular formula is C20H32N4O3. The van der Waals surface area contributed by atoms with Gasteiger partial charge in [-0.2, -0.15) is 0 Å². The molecule has 0 aromatic heterocycles. The van der Waals surface area contributed by atoms with Gasteiger partial charge in [0.2, 0.25) is 5.91 Å². The second-order valence-electron chi connectivity index (χ2n) is 6.41. The van der Waals surface area contributed by atoms with Crippen molar-refractivity contribution < 1.29 is 14.4 Å². The van der Waals surface area contributed by atoms with E-state index in [2.05, 4.69) is 16.0 Å². The van der Waals surface area contributed by atoms with Crippen LogP contribution in [0, 0.1) is 0 Å². The lowest BCUT2D eigenvalue weighted by Gasteiger charge is -2.18. The van der Waals surface area contributed by atoms with E-state index in [0.717, 1.165) is 12.0 Å². The Hall–Kier alpha value is -2.57. The standard InChI is InChI=1S/C20H32N4O3/c1-5-15(4)23-18(25)12-13-21-20(27)22-14-16-8-10-17(11-9-16)19(26)24(6-2)7-3/h8-11,15H,5-7,12-14H2,1-4H3,(H,23,25)(H2,21,22,27)/t15-/m0/s1. The summed E-state index contributed by atoms with van der Waals surface area (Å²) in [6.45, 7) is 9.83. The van der Waals surface area contributed by atoms with Crippen molar-refractivity contribution in [2.75, 3.05) is 19.6 Å². The van der Waals surface area contributed by atoms with Crippen LogP contribution >= 0.6 is 0 Å². The lowest BCUT2D eigenvalue weighted by Crippen LogP contribution is -2.38. The molecule has 0 saturated carbocycles. The third-order valence-electron chi connectivity index (χ3n) is 4.36. The molecule has 7 nitrogen and oxygen atoms in total. The quantitative estimate of drug-likeness (QED) is 0.585. The van der Waals surface area contributed by atoms with Gasteiger partial charge in [-0.3, -0.25) is 9.59 Å². The van der Waals surface area contributed by atoms with E-state index in [-0.39, 0.29) is 36.9 Å². The third kappa shape index (κ3) is 8.11. The normalized spacial score (nSPS) is 11.4. The first-order valence-corrected chi connectivity index (χ1v) is 9.60. The van der Waals surface area contributed by atoms with E-state index < -0.39 is 0 Å². The fourth-order valence-corrected chi connectivity index (χ4v) is 2.44. The smallest absolute Gasteiger partial charge is 0.315 e. The van der Waals surface area contributed by atoms with Crippen molar-refractivity contribution in [3.8, 4) is 0 Å². The molecule has 0 fully saturated rings. The number of hydrogen-bond donors (Lipinski definition) is 3. The summed E-state index contributed by atoms with van der Waals surface area (Å²) in [5.41, 5.74) is 1.54. The number of hydrogen-bond acceptors (Lipinski definition) is 3. The molecular weight excluding hydrogens is 344 g/mol. The van der Waals surface area contributed by atoms with Crippen LogP contribution in [0.15, 0.2) is 24.3 Å². The van der Waals surface area contributed by atoms with Gasteiger partial charge in [-0.1, -0.05) is 19.1 Å². The average Bonchev–Trinajstić information content (AvgIpc) is 2.67. The van der Waals surface area contributed by atoms with Gasteiger partial charge in [0.25, 0.3) is 5.91 Å². The second kappa shape index (κ2) is 11.9. The Bertz CT molecular complexity index is 612. The molecule has 1 atom stereocenters. The molecule has 0 spiro atoms. The fourth-order valence-electron chi connectivity index (χ4n) is 2.44. The van der Waals surface area contributed by atoms with Crippen LogP contribution in [0.2, 0.25) is 0 Å². The molecule has 0 radical (unpaired) electrons. The predicted molar refractivity (Wildman–Crippen MR) is 106 cm³/mol. The Morgan fingerprint density at radius 1 is 1.00 bits per heavy atom. The largest absolute Gasteiger partial charge is 0.354 e. The zero-order valence-electron chi connectivity index (χ0n) is 16.8. The summed E-state index contributed by atoms with van der Waals surface area (Å²) in [5, 5.41) is 8.25. The Balaban J connectivity index is 2.35. The van der Waals surface area contributed by atoms with Crippen LogP contribution in [-0.4, -0.2) is 48.4 Å². The molecule has 0 saturated heterocycles. The van der Waals surface area contributed by atoms with Gasteiger partial charge in [0, 0.05) is 44.2 Å². The van der Waals surface area contributed by atoms with E-state index in [4.69, 9.17) is 0 Å². The van der Waals surface area contributed by atoms with Crippen molar-refractivity contribution in [1.29, 1.82) is 0 Å². The molecule has 150 valence electrons. The zero-order chi connectivity index (χ0) is 20.2. The molecule has 0 aliphatic rings. The van der Waals surface area contributed by atoms with Crippen LogP contribution in [0.3, 0.4) is 0 Å². The summed E-state index contributed by atoms with van der Waals surface area (Å²) in [6.07, 6.45) is 1.12. The molecule has 0 bridgehead atoms. The Labute approximate surface area is 161 Å². The van der Waals surface area contributed by atoms with Gasteiger partial charge in [0.05, 0.1) is 0 Å². The molecule has 0 aliphatic carbocycles. The Morgan fingerprint density at radius 3 is 2.19 bits per heavy atom. The van der Waals surface area contributed by atoms with Gasteiger partial charge in [-0.25, -0.2) is 4.79 Å². The monoisotopic (exact) mass is 376 g/mol. The summed E-state index contributed by atoms with van der Waals surface area (Å²) in [6, 6.07) is 7.02. The van der Waals surface area contributed by atoms with Crippen LogP contribution in [-0.2, 0) is 11.3 Å². The van der Waals surface area contributed by atoms with Crippen molar-refractivity contribution in [2.45, 2.75) is 53.1 Å². The van der Waals surface area contributed by atoms with Crippen LogP contribution in [0.4, 0.5) is 4.79 Å². The third-order valence-corrected chi connectivity index (χ3v) is 4.36. The second-order valence-corrected chi connectivity index (χ2v) is 6.41. The van der Waals surface area contributed by atoms with Crippen LogP contribution in [0.1, 0.15) is 56.5 Å². The van der Waals surface area contributed by atoms with E-state index in [1.54, 1.807) is 17.0 Å². The van der Waals surface area contributed by atoms with Crippen molar-refractivity contribution in [3.05, 3.63) is 35.4 Å². The minimum Gasteiger partial charge on any atom is -0.354 e. The highest BCUT2D eigenvalue weighted by atomic mass is 16.2. The molecule has 0 unspecified atom stereocenters. The number of nitrogens with zero attached hydrogens (tertiary/aromatic N) is 1. The molecule has 0 aliphatic heterocycles. The van der Waals surface area contributed by atoms with Crippen molar-refractivity contribution >= 4 is 17.8 Å². The van der Waals surface area contributed by atoms with Gasteiger partial charge in [-0.05, 0) is 44.9 Å². The number of urea groups is 1. The lowest BCUT2D eigenvalue weighted by atomic mass is 10.1. The number of rotatable bonds is 10. The summed E-state index contributed by atoms with van der Waals surface area (Å²) in [7, 11) is 0. The predicted octanol–water partition coefficient (Wildman–Crippen LogP) is 2.27. The fraction of sp³-hybridized carbons (Fsp3) is 0.550. The number of amides is 4. The topological polar surface area (TPSA) is 90.5 Å². The molecule has 27 heavy (non-hydrogen) atoms. The first-order chi connectivity index (χ1) is 12.9. The minimum absolute atomic E-state index is 0.00733. The number of nitrogens with one attached hydrogen (secondary N) is 3. The molecule has 7 heteroatoms. The maximum atomic E-state index is 12.3. The van der Waals surface area contributed by atoms with Gasteiger partial charge in [-0.15, -0.1) is 0 Å². The van der Waals surface area contributed by atoms with E-state index in [1.807, 2.05) is 39.8 Å². The molecule has 1 rings (SSSR count). The molecule has 3 N–H and O–H groups in total. The summed E-state index contributed by atoms with van der Waals surface area (Å²) in [4.78, 5) is 37.5. The first-order valence-electron chi connectivity index (χ1n) is 9.60. The molecule has 0 heterocycles. The highest BCUT2D eigenvalue weighted by Gasteiger charge is 2.12. The van der Waals surface area contributed by atoms with Gasteiger partial charge >= 0.3 is 6.03 Å². The van der Waals surface area contributed by atoms with E-state index in [1.165, 1.54) is 0 Å². The van der Waals surface area contributed by atoms with Gasteiger partial charge in [0.1, 0.15) is 0 Å². The highest BCUT2D eigenvalue weighted by molar-refractivity contribution is 5.94. The highest BCUT2D eigenvalue weighted by Crippen LogP contribution is 2.08. The Morgan fingerprint density at radius 2 is 1.63 bits per heavy atom. The van der Waals surface area contributed by atoms with Crippen LogP contribution < -0.4 is 16.0 Å². The lowest BCUT2D eigenvalue weighted by molar-refractivity contribution is -0.121. The van der Waals surface area contributed by atoms with E-state index in [9.17, 15) is 14.4 Å². The number of carbonyl (C=O) groups is 3. The van der Waals surface area contributed by atoms with E-state index >= 15 is 0 Å². The minimum atomic E-state index is -0.324. The molecule has 1 aromatic carbocycles. The zero-order valence-corrected chi connectivity index (χ0v) is 16.8. The average molecular weight is 377 g/mol. The summed E-state index contributed by atoms with van der Waals surface area (Å²) >= 11 is 0. The summed E-state index contributed by atoms with van der Waals surface area (Å²) < 4.78 is 0.